The van der Waals surface area contributed by atoms with Gasteiger partial charge in [0.25, 0.3) is 5.91 Å². The highest BCUT2D eigenvalue weighted by molar-refractivity contribution is 6.29. The number of allylic oxidation sites excluding steroid dienone is 1. The Morgan fingerprint density at radius 2 is 1.70 bits per heavy atom. The van der Waals surface area contributed by atoms with Crippen molar-refractivity contribution in [3.05, 3.63) is 71.7 Å². The average Bonchev–Trinajstić information content (AvgIpc) is 2.63. The molecule has 7 heteroatoms. The van der Waals surface area contributed by atoms with E-state index in [4.69, 9.17) is 0 Å². The van der Waals surface area contributed by atoms with Crippen LogP contribution in [0.5, 0.6) is 0 Å². The summed E-state index contributed by atoms with van der Waals surface area (Å²) in [4.78, 5) is 38.5. The predicted octanol–water partition coefficient (Wildman–Crippen LogP) is 3.35. The number of nitrogens with one attached hydrogen (secondary N) is 2. The molecule has 4 amide bonds. The van der Waals surface area contributed by atoms with Crippen LogP contribution in [0.1, 0.15) is 12.5 Å². The molecule has 0 unspecified atom stereocenters. The molecule has 2 aromatic carbocycles. The fourth-order valence-electron chi connectivity index (χ4n) is 2.80. The van der Waals surface area contributed by atoms with E-state index in [0.717, 1.165) is 10.5 Å². The lowest BCUT2D eigenvalue weighted by Crippen LogP contribution is -2.59. The lowest BCUT2D eigenvalue weighted by atomic mass is 9.99. The molecule has 0 bridgehead atoms. The number of anilines is 2. The number of amides is 4. The van der Waals surface area contributed by atoms with Gasteiger partial charge in [-0.1, -0.05) is 23.8 Å². The number of benzene rings is 2. The van der Waals surface area contributed by atoms with Crippen LogP contribution in [0.15, 0.2) is 60.3 Å². The molecule has 1 atom stereocenters. The van der Waals surface area contributed by atoms with Crippen molar-refractivity contribution in [1.82, 2.24) is 5.32 Å². The first-order valence-corrected chi connectivity index (χ1v) is 8.35. The van der Waals surface area contributed by atoms with Crippen molar-refractivity contribution in [3.8, 4) is 0 Å². The van der Waals surface area contributed by atoms with Crippen molar-refractivity contribution < 1.29 is 18.8 Å². The summed E-state index contributed by atoms with van der Waals surface area (Å²) in [7, 11) is 0. The maximum atomic E-state index is 13.1. The van der Waals surface area contributed by atoms with Crippen LogP contribution in [0.3, 0.4) is 0 Å². The highest BCUT2D eigenvalue weighted by Gasteiger charge is 2.43. The van der Waals surface area contributed by atoms with E-state index in [1.54, 1.807) is 37.3 Å². The molecule has 0 aromatic heterocycles. The first-order chi connectivity index (χ1) is 12.9. The van der Waals surface area contributed by atoms with E-state index in [2.05, 4.69) is 10.6 Å². The first-order valence-electron chi connectivity index (χ1n) is 8.35. The molecule has 1 aliphatic rings. The number of urea groups is 1. The van der Waals surface area contributed by atoms with Crippen molar-refractivity contribution >= 4 is 29.2 Å². The van der Waals surface area contributed by atoms with Crippen molar-refractivity contribution in [2.75, 3.05) is 10.2 Å². The monoisotopic (exact) mass is 367 g/mol. The van der Waals surface area contributed by atoms with Crippen LogP contribution < -0.4 is 15.5 Å². The van der Waals surface area contributed by atoms with E-state index in [9.17, 15) is 18.8 Å². The minimum atomic E-state index is -1.22. The van der Waals surface area contributed by atoms with Gasteiger partial charge in [0.1, 0.15) is 5.82 Å². The summed E-state index contributed by atoms with van der Waals surface area (Å²) >= 11 is 0. The van der Waals surface area contributed by atoms with Crippen LogP contribution >= 0.6 is 0 Å². The number of hydrogen-bond acceptors (Lipinski definition) is 4. The SMILES string of the molecule is C/C=C(/Nc1ccc(F)cc1)[C@H]1C(=O)NC(=O)N(c2ccc(C)cc2)C1=O. The minimum absolute atomic E-state index is 0.300. The Bertz CT molecular complexity index is 920. The maximum absolute atomic E-state index is 13.1. The third-order valence-electron chi connectivity index (χ3n) is 4.21. The molecule has 6 nitrogen and oxygen atoms in total. The molecule has 1 fully saturated rings. The van der Waals surface area contributed by atoms with E-state index in [1.807, 2.05) is 6.92 Å². The van der Waals surface area contributed by atoms with Gasteiger partial charge in [-0.2, -0.15) is 0 Å². The third-order valence-corrected chi connectivity index (χ3v) is 4.21. The van der Waals surface area contributed by atoms with Gasteiger partial charge in [0.2, 0.25) is 5.91 Å². The van der Waals surface area contributed by atoms with Crippen LogP contribution in [0.4, 0.5) is 20.6 Å². The summed E-state index contributed by atoms with van der Waals surface area (Å²) < 4.78 is 13.1. The lowest BCUT2D eigenvalue weighted by Gasteiger charge is -2.31. The third kappa shape index (κ3) is 3.72. The zero-order valence-corrected chi connectivity index (χ0v) is 14.8. The van der Waals surface area contributed by atoms with Gasteiger partial charge in [-0.05, 0) is 50.2 Å². The largest absolute Gasteiger partial charge is 0.358 e. The van der Waals surface area contributed by atoms with Crippen LogP contribution in [0.2, 0.25) is 0 Å². The molecular weight excluding hydrogens is 349 g/mol. The standard InChI is InChI=1S/C20H18FN3O3/c1-3-16(22-14-8-6-13(21)7-9-14)17-18(25)23-20(27)24(19(17)26)15-10-4-12(2)5-11-15/h3-11,17,22H,1-2H3,(H,23,25,27)/b16-3+/t17-/m0/s1. The van der Waals surface area contributed by atoms with Gasteiger partial charge in [-0.15, -0.1) is 0 Å². The number of carbonyl (C=O) groups excluding carboxylic acids is 3. The quantitative estimate of drug-likeness (QED) is 0.813. The zero-order valence-electron chi connectivity index (χ0n) is 14.8. The second-order valence-electron chi connectivity index (χ2n) is 6.11. The number of rotatable bonds is 4. The number of imide groups is 2. The smallest absolute Gasteiger partial charge is 0.335 e. The van der Waals surface area contributed by atoms with Crippen molar-refractivity contribution in [1.29, 1.82) is 0 Å². The molecule has 0 radical (unpaired) electrons. The molecule has 2 N–H and O–H groups in total. The van der Waals surface area contributed by atoms with Crippen LogP contribution in [-0.4, -0.2) is 17.8 Å². The second-order valence-corrected chi connectivity index (χ2v) is 6.11. The second kappa shape index (κ2) is 7.41. The number of nitrogens with zero attached hydrogens (tertiary/aromatic N) is 1. The average molecular weight is 367 g/mol. The molecule has 1 saturated heterocycles. The number of hydrogen-bond donors (Lipinski definition) is 2. The normalized spacial score (nSPS) is 17.7. The zero-order chi connectivity index (χ0) is 19.6. The van der Waals surface area contributed by atoms with Crippen molar-refractivity contribution in [2.24, 2.45) is 5.92 Å². The number of barbiturate groups is 1. The van der Waals surface area contributed by atoms with Gasteiger partial charge in [0.15, 0.2) is 5.92 Å². The van der Waals surface area contributed by atoms with Gasteiger partial charge in [0, 0.05) is 11.4 Å². The Morgan fingerprint density at radius 1 is 1.07 bits per heavy atom. The van der Waals surface area contributed by atoms with E-state index in [-0.39, 0.29) is 0 Å². The van der Waals surface area contributed by atoms with E-state index < -0.39 is 29.6 Å². The van der Waals surface area contributed by atoms with Gasteiger partial charge in [0.05, 0.1) is 5.69 Å². The summed E-state index contributed by atoms with van der Waals surface area (Å²) in [6.07, 6.45) is 1.58. The summed E-state index contributed by atoms with van der Waals surface area (Å²) in [5.41, 5.74) is 2.17. The molecule has 3 rings (SSSR count). The Morgan fingerprint density at radius 3 is 2.30 bits per heavy atom. The molecular formula is C20H18FN3O3. The van der Waals surface area contributed by atoms with Gasteiger partial charge >= 0.3 is 6.03 Å². The highest BCUT2D eigenvalue weighted by Crippen LogP contribution is 2.26. The summed E-state index contributed by atoms with van der Waals surface area (Å²) in [6, 6.07) is 11.6. The first kappa shape index (κ1) is 18.3. The molecule has 138 valence electrons. The molecule has 0 spiro atoms. The van der Waals surface area contributed by atoms with E-state index in [1.165, 1.54) is 24.3 Å². The van der Waals surface area contributed by atoms with Gasteiger partial charge < -0.3 is 5.32 Å². The Hall–Kier alpha value is -3.48. The topological polar surface area (TPSA) is 78.5 Å². The molecule has 0 aliphatic carbocycles. The summed E-state index contributed by atoms with van der Waals surface area (Å²) in [6.45, 7) is 3.55. The van der Waals surface area contributed by atoms with Crippen LogP contribution in [0, 0.1) is 18.7 Å². The molecule has 2 aromatic rings. The van der Waals surface area contributed by atoms with Gasteiger partial charge in [-0.25, -0.2) is 14.1 Å². The predicted molar refractivity (Wildman–Crippen MR) is 99.5 cm³/mol. The lowest BCUT2D eigenvalue weighted by molar-refractivity contribution is -0.132. The molecule has 1 aliphatic heterocycles. The summed E-state index contributed by atoms with van der Waals surface area (Å²) in [5.74, 6) is -2.99. The number of halogens is 1. The Labute approximate surface area is 155 Å². The Balaban J connectivity index is 1.91. The van der Waals surface area contributed by atoms with E-state index >= 15 is 0 Å². The maximum Gasteiger partial charge on any atom is 0.335 e. The van der Waals surface area contributed by atoms with Crippen molar-refractivity contribution in [3.63, 3.8) is 0 Å². The minimum Gasteiger partial charge on any atom is -0.358 e. The molecule has 0 saturated carbocycles. The van der Waals surface area contributed by atoms with Crippen LogP contribution in [-0.2, 0) is 9.59 Å². The van der Waals surface area contributed by atoms with Gasteiger partial charge in [-0.3, -0.25) is 14.9 Å². The molecule has 1 heterocycles. The number of carbonyl (C=O) groups is 3. The highest BCUT2D eigenvalue weighted by atomic mass is 19.1. The number of aryl methyl sites for hydroxylation is 1. The summed E-state index contributed by atoms with van der Waals surface area (Å²) in [5, 5.41) is 5.18. The van der Waals surface area contributed by atoms with Crippen LogP contribution in [0.25, 0.3) is 0 Å². The fourth-order valence-corrected chi connectivity index (χ4v) is 2.80. The molecule has 27 heavy (non-hydrogen) atoms. The van der Waals surface area contributed by atoms with E-state index in [0.29, 0.717) is 17.1 Å². The fraction of sp³-hybridized carbons (Fsp3) is 0.150. The van der Waals surface area contributed by atoms with Crippen molar-refractivity contribution in [2.45, 2.75) is 13.8 Å². The Kier molecular flexibility index (Phi) is 5.03.